The van der Waals surface area contributed by atoms with Crippen molar-refractivity contribution < 1.29 is 24.5 Å². The minimum Gasteiger partial charge on any atom is -0.454 e. The summed E-state index contributed by atoms with van der Waals surface area (Å²) in [5.41, 5.74) is 2.17. The average molecular weight is 564 g/mol. The summed E-state index contributed by atoms with van der Waals surface area (Å²) >= 11 is 1.63. The van der Waals surface area contributed by atoms with E-state index in [1.165, 1.54) is 5.56 Å². The van der Waals surface area contributed by atoms with Crippen LogP contribution < -0.4 is 20.1 Å². The Morgan fingerprint density at radius 1 is 1.10 bits per heavy atom. The van der Waals surface area contributed by atoms with Crippen molar-refractivity contribution >= 4 is 22.4 Å². The number of benzene rings is 2. The lowest BCUT2D eigenvalue weighted by molar-refractivity contribution is -0.144. The molecule has 0 saturated heterocycles. The van der Waals surface area contributed by atoms with Crippen molar-refractivity contribution in [3.05, 3.63) is 70.2 Å². The first-order valence-electron chi connectivity index (χ1n) is 14.0. The SMILES string of the molecule is CC1(CO)C(O)CCC2(C)C(CC(=O)NCc3ccc4c(c3)OCO4)c3nc(NCc4ccccc4)sc3CC12. The van der Waals surface area contributed by atoms with Crippen LogP contribution >= 0.6 is 11.3 Å². The number of nitrogens with zero attached hydrogens (tertiary/aromatic N) is 1. The van der Waals surface area contributed by atoms with Gasteiger partial charge in [-0.25, -0.2) is 4.98 Å². The van der Waals surface area contributed by atoms with Crippen molar-refractivity contribution in [1.82, 2.24) is 10.3 Å². The molecule has 0 bridgehead atoms. The van der Waals surface area contributed by atoms with E-state index >= 15 is 0 Å². The molecule has 0 radical (unpaired) electrons. The Bertz CT molecular complexity index is 1380. The van der Waals surface area contributed by atoms with Gasteiger partial charge in [0.05, 0.1) is 18.4 Å². The smallest absolute Gasteiger partial charge is 0.231 e. The topological polar surface area (TPSA) is 113 Å². The Morgan fingerprint density at radius 3 is 2.70 bits per heavy atom. The van der Waals surface area contributed by atoms with Crippen LogP contribution in [0.1, 0.15) is 60.7 Å². The molecule has 4 N–H and O–H groups in total. The van der Waals surface area contributed by atoms with Crippen LogP contribution in [0.15, 0.2) is 48.5 Å². The van der Waals surface area contributed by atoms with E-state index in [0.717, 1.165) is 39.9 Å². The molecule has 2 aliphatic carbocycles. The Morgan fingerprint density at radius 2 is 1.90 bits per heavy atom. The molecule has 5 atom stereocenters. The molecule has 0 spiro atoms. The first-order chi connectivity index (χ1) is 19.3. The van der Waals surface area contributed by atoms with Crippen LogP contribution in [0.25, 0.3) is 0 Å². The number of anilines is 1. The zero-order chi connectivity index (χ0) is 27.9. The lowest BCUT2D eigenvalue weighted by Gasteiger charge is -2.58. The second-order valence-corrected chi connectivity index (χ2v) is 13.0. The summed E-state index contributed by atoms with van der Waals surface area (Å²) in [5, 5.41) is 28.9. The number of carbonyl (C=O) groups excluding carboxylic acids is 1. The number of hydrogen-bond acceptors (Lipinski definition) is 8. The first kappa shape index (κ1) is 27.1. The predicted molar refractivity (Wildman–Crippen MR) is 153 cm³/mol. The van der Waals surface area contributed by atoms with E-state index in [0.29, 0.717) is 31.7 Å². The number of thiazole rings is 1. The number of ether oxygens (including phenoxy) is 2. The van der Waals surface area contributed by atoms with Gasteiger partial charge in [-0.2, -0.15) is 0 Å². The van der Waals surface area contributed by atoms with Gasteiger partial charge in [-0.05, 0) is 53.9 Å². The summed E-state index contributed by atoms with van der Waals surface area (Å²) in [5.74, 6) is 1.27. The standard InChI is InChI=1S/C31H37N3O5S/c1-30-11-10-26(36)31(2,17-35)25(30)14-24-28(34-29(40-24)33-15-19-6-4-3-5-7-19)21(30)13-27(37)32-16-20-8-9-22-23(12-20)39-18-38-22/h3-9,12,21,25-26,35-36H,10-11,13-18H2,1-2H3,(H,32,37)(H,33,34). The van der Waals surface area contributed by atoms with Crippen LogP contribution in [0.4, 0.5) is 5.13 Å². The van der Waals surface area contributed by atoms with E-state index in [9.17, 15) is 15.0 Å². The lowest BCUT2D eigenvalue weighted by atomic mass is 9.47. The highest BCUT2D eigenvalue weighted by molar-refractivity contribution is 7.15. The van der Waals surface area contributed by atoms with Gasteiger partial charge in [0.2, 0.25) is 12.7 Å². The van der Waals surface area contributed by atoms with Crippen LogP contribution in [0.3, 0.4) is 0 Å². The normalized spacial score (nSPS) is 28.4. The Balaban J connectivity index is 1.25. The van der Waals surface area contributed by atoms with Gasteiger partial charge in [-0.1, -0.05) is 50.2 Å². The molecular weight excluding hydrogens is 526 g/mol. The number of aliphatic hydroxyl groups is 2. The van der Waals surface area contributed by atoms with Crippen molar-refractivity contribution in [3.8, 4) is 11.5 Å². The molecule has 1 aliphatic heterocycles. The first-order valence-corrected chi connectivity index (χ1v) is 14.8. The third kappa shape index (κ3) is 4.84. The molecule has 212 valence electrons. The quantitative estimate of drug-likeness (QED) is 0.317. The zero-order valence-corrected chi connectivity index (χ0v) is 23.8. The van der Waals surface area contributed by atoms with Gasteiger partial charge in [0.15, 0.2) is 16.6 Å². The van der Waals surface area contributed by atoms with Crippen LogP contribution in [0.2, 0.25) is 0 Å². The van der Waals surface area contributed by atoms with Crippen LogP contribution in [0.5, 0.6) is 11.5 Å². The number of fused-ring (bicyclic) bond motifs is 3. The molecule has 2 heterocycles. The molecule has 40 heavy (non-hydrogen) atoms. The van der Waals surface area contributed by atoms with Gasteiger partial charge >= 0.3 is 0 Å². The van der Waals surface area contributed by atoms with Crippen molar-refractivity contribution in [1.29, 1.82) is 0 Å². The lowest BCUT2D eigenvalue weighted by Crippen LogP contribution is -2.57. The van der Waals surface area contributed by atoms with Crippen LogP contribution in [0, 0.1) is 16.7 Å². The van der Waals surface area contributed by atoms with Gasteiger partial charge in [0.25, 0.3) is 0 Å². The average Bonchev–Trinajstić information content (AvgIpc) is 3.61. The van der Waals surface area contributed by atoms with Crippen molar-refractivity contribution in [2.75, 3.05) is 18.7 Å². The van der Waals surface area contributed by atoms with Crippen LogP contribution in [-0.4, -0.2) is 40.6 Å². The van der Waals surface area contributed by atoms with Crippen molar-refractivity contribution in [2.45, 2.75) is 64.6 Å². The monoisotopic (exact) mass is 563 g/mol. The number of aliphatic hydroxyl groups excluding tert-OH is 2. The summed E-state index contributed by atoms with van der Waals surface area (Å²) in [6.45, 7) is 5.41. The van der Waals surface area contributed by atoms with E-state index < -0.39 is 11.5 Å². The number of carbonyl (C=O) groups is 1. The number of aromatic nitrogens is 1. The van der Waals surface area contributed by atoms with E-state index in [1.54, 1.807) is 11.3 Å². The number of amides is 1. The molecule has 6 rings (SSSR count). The van der Waals surface area contributed by atoms with Gasteiger partial charge in [-0.3, -0.25) is 4.79 Å². The van der Waals surface area contributed by atoms with Gasteiger partial charge in [0.1, 0.15) is 0 Å². The highest BCUT2D eigenvalue weighted by Gasteiger charge is 2.59. The third-order valence-corrected chi connectivity index (χ3v) is 10.5. The fourth-order valence-corrected chi connectivity index (χ4v) is 8.07. The molecule has 1 amide bonds. The fraction of sp³-hybridized carbons (Fsp3) is 0.484. The van der Waals surface area contributed by atoms with E-state index in [-0.39, 0.29) is 36.6 Å². The fourth-order valence-electron chi connectivity index (χ4n) is 7.00. The molecule has 1 aromatic heterocycles. The van der Waals surface area contributed by atoms with E-state index in [2.05, 4.69) is 29.7 Å². The Hall–Kier alpha value is -3.14. The molecule has 1 fully saturated rings. The maximum atomic E-state index is 13.5. The highest BCUT2D eigenvalue weighted by Crippen LogP contribution is 2.62. The van der Waals surface area contributed by atoms with Crippen molar-refractivity contribution in [3.63, 3.8) is 0 Å². The zero-order valence-electron chi connectivity index (χ0n) is 23.0. The van der Waals surface area contributed by atoms with Crippen LogP contribution in [-0.2, 0) is 24.3 Å². The number of rotatable bonds is 8. The largest absolute Gasteiger partial charge is 0.454 e. The molecule has 5 unspecified atom stereocenters. The molecule has 3 aromatic rings. The summed E-state index contributed by atoms with van der Waals surface area (Å²) < 4.78 is 10.9. The summed E-state index contributed by atoms with van der Waals surface area (Å²) in [4.78, 5) is 19.6. The second kappa shape index (κ2) is 10.7. The maximum Gasteiger partial charge on any atom is 0.231 e. The molecule has 3 aliphatic rings. The minimum absolute atomic E-state index is 0.0235. The molecular formula is C31H37N3O5S. The van der Waals surface area contributed by atoms with Gasteiger partial charge < -0.3 is 30.3 Å². The molecule has 1 saturated carbocycles. The minimum atomic E-state index is -0.645. The second-order valence-electron chi connectivity index (χ2n) is 11.9. The Labute approximate surface area is 238 Å². The summed E-state index contributed by atoms with van der Waals surface area (Å²) in [7, 11) is 0. The number of nitrogens with one attached hydrogen (secondary N) is 2. The maximum absolute atomic E-state index is 13.5. The highest BCUT2D eigenvalue weighted by atomic mass is 32.1. The summed E-state index contributed by atoms with van der Waals surface area (Å²) in [6, 6.07) is 15.9. The molecule has 9 heteroatoms. The molecule has 2 aromatic carbocycles. The van der Waals surface area contributed by atoms with E-state index in [4.69, 9.17) is 14.5 Å². The predicted octanol–water partition coefficient (Wildman–Crippen LogP) is 4.61. The number of hydrogen-bond donors (Lipinski definition) is 4. The van der Waals surface area contributed by atoms with Crippen molar-refractivity contribution in [2.24, 2.45) is 16.7 Å². The van der Waals surface area contributed by atoms with Gasteiger partial charge in [0, 0.05) is 35.7 Å². The summed E-state index contributed by atoms with van der Waals surface area (Å²) in [6.07, 6.45) is 1.82. The Kier molecular flexibility index (Phi) is 7.23. The molecule has 8 nitrogen and oxygen atoms in total. The third-order valence-electron chi connectivity index (χ3n) is 9.50. The van der Waals surface area contributed by atoms with Gasteiger partial charge in [-0.15, -0.1) is 11.3 Å². The van der Waals surface area contributed by atoms with E-state index in [1.807, 2.05) is 43.3 Å².